The monoisotopic (exact) mass is 357 g/mol. The normalized spacial score (nSPS) is 10.6. The van der Waals surface area contributed by atoms with Gasteiger partial charge in [0.05, 0.1) is 20.8 Å². The maximum absolute atomic E-state index is 12.4. The van der Waals surface area contributed by atoms with Crippen molar-refractivity contribution in [2.24, 2.45) is 5.73 Å². The van der Waals surface area contributed by atoms with Gasteiger partial charge in [0.2, 0.25) is 5.91 Å². The van der Waals surface area contributed by atoms with Crippen LogP contribution in [0.5, 0.6) is 11.5 Å². The quantitative estimate of drug-likeness (QED) is 0.681. The van der Waals surface area contributed by atoms with E-state index < -0.39 is 0 Å². The molecule has 26 heavy (non-hydrogen) atoms. The zero-order valence-electron chi connectivity index (χ0n) is 15.4. The van der Waals surface area contributed by atoms with E-state index in [1.54, 1.807) is 32.4 Å². The van der Waals surface area contributed by atoms with Crippen LogP contribution >= 0.6 is 0 Å². The lowest BCUT2D eigenvalue weighted by molar-refractivity contribution is -0.117. The van der Waals surface area contributed by atoms with Crippen LogP contribution < -0.4 is 20.5 Å². The molecule has 0 aromatic heterocycles. The summed E-state index contributed by atoms with van der Waals surface area (Å²) in [6.07, 6.45) is 0.879. The number of benzene rings is 2. The maximum Gasteiger partial charge on any atom is 0.238 e. The molecule has 140 valence electrons. The number of nitrogens with one attached hydrogen (secondary N) is 1. The van der Waals surface area contributed by atoms with Crippen molar-refractivity contribution in [3.63, 3.8) is 0 Å². The molecule has 0 saturated carbocycles. The summed E-state index contributed by atoms with van der Waals surface area (Å²) in [5.41, 5.74) is 7.61. The van der Waals surface area contributed by atoms with Crippen LogP contribution in [-0.2, 0) is 11.2 Å². The average molecular weight is 357 g/mol. The van der Waals surface area contributed by atoms with E-state index in [0.29, 0.717) is 36.8 Å². The molecule has 2 aromatic carbocycles. The molecule has 0 atom stereocenters. The topological polar surface area (TPSA) is 76.8 Å². The number of rotatable bonds is 10. The van der Waals surface area contributed by atoms with Gasteiger partial charge in [0.1, 0.15) is 0 Å². The van der Waals surface area contributed by atoms with Crippen molar-refractivity contribution >= 4 is 11.6 Å². The molecule has 1 amide bonds. The summed E-state index contributed by atoms with van der Waals surface area (Å²) in [7, 11) is 3.14. The van der Waals surface area contributed by atoms with E-state index in [1.807, 2.05) is 18.2 Å². The van der Waals surface area contributed by atoms with E-state index in [2.05, 4.69) is 22.3 Å². The number of nitrogens with two attached hydrogens (primary N) is 1. The minimum atomic E-state index is -0.0845. The molecule has 0 aliphatic heterocycles. The first-order valence-electron chi connectivity index (χ1n) is 8.64. The van der Waals surface area contributed by atoms with Gasteiger partial charge < -0.3 is 20.5 Å². The number of hydrogen-bond acceptors (Lipinski definition) is 5. The number of anilines is 1. The number of methoxy groups -OCH3 is 2. The Hall–Kier alpha value is -2.57. The molecule has 0 unspecified atom stereocenters. The van der Waals surface area contributed by atoms with Crippen molar-refractivity contribution < 1.29 is 14.3 Å². The Morgan fingerprint density at radius 2 is 1.77 bits per heavy atom. The molecule has 2 aromatic rings. The van der Waals surface area contributed by atoms with Gasteiger partial charge in [-0.25, -0.2) is 0 Å². The van der Waals surface area contributed by atoms with Gasteiger partial charge in [-0.15, -0.1) is 0 Å². The van der Waals surface area contributed by atoms with Crippen LogP contribution in [0.15, 0.2) is 48.5 Å². The Kier molecular flexibility index (Phi) is 7.92. The smallest absolute Gasteiger partial charge is 0.238 e. The van der Waals surface area contributed by atoms with E-state index >= 15 is 0 Å². The molecule has 0 aliphatic rings. The Morgan fingerprint density at radius 1 is 1.04 bits per heavy atom. The van der Waals surface area contributed by atoms with Gasteiger partial charge in [0, 0.05) is 31.4 Å². The Balaban J connectivity index is 1.92. The van der Waals surface area contributed by atoms with Gasteiger partial charge >= 0.3 is 0 Å². The minimum absolute atomic E-state index is 0.0845. The molecule has 3 N–H and O–H groups in total. The van der Waals surface area contributed by atoms with Gasteiger partial charge in [-0.05, 0) is 24.1 Å². The van der Waals surface area contributed by atoms with E-state index in [4.69, 9.17) is 15.2 Å². The molecule has 0 radical (unpaired) electrons. The fourth-order valence-electron chi connectivity index (χ4n) is 2.70. The molecule has 0 bridgehead atoms. The van der Waals surface area contributed by atoms with Crippen LogP contribution in [0, 0.1) is 0 Å². The number of hydrogen-bond donors (Lipinski definition) is 2. The lowest BCUT2D eigenvalue weighted by Crippen LogP contribution is -2.38. The highest BCUT2D eigenvalue weighted by Crippen LogP contribution is 2.29. The van der Waals surface area contributed by atoms with E-state index in [1.165, 1.54) is 5.56 Å². The predicted octanol–water partition coefficient (Wildman–Crippen LogP) is 2.15. The second-order valence-corrected chi connectivity index (χ2v) is 5.92. The summed E-state index contributed by atoms with van der Waals surface area (Å²) in [4.78, 5) is 14.5. The molecule has 6 nitrogen and oxygen atoms in total. The van der Waals surface area contributed by atoms with E-state index in [0.717, 1.165) is 13.0 Å². The van der Waals surface area contributed by atoms with Crippen molar-refractivity contribution in [3.8, 4) is 11.5 Å². The molecule has 0 spiro atoms. The van der Waals surface area contributed by atoms with E-state index in [9.17, 15) is 4.79 Å². The summed E-state index contributed by atoms with van der Waals surface area (Å²) in [6, 6.07) is 15.5. The molecule has 0 heterocycles. The molecule has 6 heteroatoms. The zero-order valence-corrected chi connectivity index (χ0v) is 15.4. The van der Waals surface area contributed by atoms with Crippen molar-refractivity contribution in [3.05, 3.63) is 54.1 Å². The highest BCUT2D eigenvalue weighted by atomic mass is 16.5. The van der Waals surface area contributed by atoms with Crippen molar-refractivity contribution in [2.75, 3.05) is 45.7 Å². The maximum atomic E-state index is 12.4. The molecule has 0 aliphatic carbocycles. The first-order valence-corrected chi connectivity index (χ1v) is 8.64. The highest BCUT2D eigenvalue weighted by Gasteiger charge is 2.12. The van der Waals surface area contributed by atoms with E-state index in [-0.39, 0.29) is 5.91 Å². The number of nitrogens with zero attached hydrogens (tertiary/aromatic N) is 1. The van der Waals surface area contributed by atoms with Gasteiger partial charge in [0.15, 0.2) is 11.5 Å². The van der Waals surface area contributed by atoms with Gasteiger partial charge in [-0.3, -0.25) is 9.69 Å². The van der Waals surface area contributed by atoms with Crippen LogP contribution in [0.2, 0.25) is 0 Å². The molecular weight excluding hydrogens is 330 g/mol. The van der Waals surface area contributed by atoms with Crippen LogP contribution in [0.4, 0.5) is 5.69 Å². The fourth-order valence-corrected chi connectivity index (χ4v) is 2.70. The molecular formula is C20H27N3O3. The Labute approximate surface area is 154 Å². The first kappa shape index (κ1) is 19.8. The predicted molar refractivity (Wildman–Crippen MR) is 104 cm³/mol. The third kappa shape index (κ3) is 6.06. The van der Waals surface area contributed by atoms with Gasteiger partial charge in [-0.1, -0.05) is 30.3 Å². The third-order valence-electron chi connectivity index (χ3n) is 4.04. The molecule has 0 fully saturated rings. The lowest BCUT2D eigenvalue weighted by atomic mass is 10.1. The van der Waals surface area contributed by atoms with Gasteiger partial charge in [0.25, 0.3) is 0 Å². The second-order valence-electron chi connectivity index (χ2n) is 5.92. The second kappa shape index (κ2) is 10.4. The number of ether oxygens (including phenoxy) is 2. The summed E-state index contributed by atoms with van der Waals surface area (Å²) >= 11 is 0. The Morgan fingerprint density at radius 3 is 2.42 bits per heavy atom. The highest BCUT2D eigenvalue weighted by molar-refractivity contribution is 5.92. The first-order chi connectivity index (χ1) is 12.7. The summed E-state index contributed by atoms with van der Waals surface area (Å²) in [5, 5.41) is 2.90. The molecule has 0 saturated heterocycles. The minimum Gasteiger partial charge on any atom is -0.493 e. The van der Waals surface area contributed by atoms with Crippen molar-refractivity contribution in [1.29, 1.82) is 0 Å². The summed E-state index contributed by atoms with van der Waals surface area (Å²) < 4.78 is 10.5. The number of amides is 1. The average Bonchev–Trinajstić information content (AvgIpc) is 2.67. The number of carbonyl (C=O) groups is 1. The fraction of sp³-hybridized carbons (Fsp3) is 0.350. The molecule has 2 rings (SSSR count). The Bertz CT molecular complexity index is 692. The van der Waals surface area contributed by atoms with Crippen molar-refractivity contribution in [2.45, 2.75) is 6.42 Å². The summed E-state index contributed by atoms with van der Waals surface area (Å²) in [6.45, 7) is 2.25. The van der Waals surface area contributed by atoms with Crippen LogP contribution in [-0.4, -0.2) is 51.2 Å². The zero-order chi connectivity index (χ0) is 18.8. The van der Waals surface area contributed by atoms with Crippen LogP contribution in [0.1, 0.15) is 5.56 Å². The van der Waals surface area contributed by atoms with Crippen molar-refractivity contribution in [1.82, 2.24) is 4.90 Å². The summed E-state index contributed by atoms with van der Waals surface area (Å²) in [5.74, 6) is 1.12. The number of carbonyl (C=O) groups excluding carboxylic acids is 1. The van der Waals surface area contributed by atoms with Crippen LogP contribution in [0.25, 0.3) is 0 Å². The third-order valence-corrected chi connectivity index (χ3v) is 4.04. The standard InChI is InChI=1S/C20H27N3O3/c1-25-18-9-8-17(14-19(18)26-2)22-20(24)15-23(13-11-21)12-10-16-6-4-3-5-7-16/h3-9,14H,10-13,15,21H2,1-2H3,(H,22,24). The van der Waals surface area contributed by atoms with Crippen LogP contribution in [0.3, 0.4) is 0 Å². The van der Waals surface area contributed by atoms with Gasteiger partial charge in [-0.2, -0.15) is 0 Å². The largest absolute Gasteiger partial charge is 0.493 e. The SMILES string of the molecule is COc1ccc(NC(=O)CN(CCN)CCc2ccccc2)cc1OC. The lowest BCUT2D eigenvalue weighted by Gasteiger charge is -2.21.